The summed E-state index contributed by atoms with van der Waals surface area (Å²) < 4.78 is 2.14. The van der Waals surface area contributed by atoms with Crippen LogP contribution in [0.2, 0.25) is 0 Å². The normalized spacial score (nSPS) is 10.3. The molecule has 0 fully saturated rings. The van der Waals surface area contributed by atoms with E-state index in [1.54, 1.807) is 0 Å². The molecule has 54 valence electrons. The summed E-state index contributed by atoms with van der Waals surface area (Å²) in [6.45, 7) is 2.04. The minimum Gasteiger partial charge on any atom is -0.0521 e. The monoisotopic (exact) mass is 302 g/mol. The molecule has 4 heteroatoms. The molecule has 0 N–H and O–H groups in total. The zero-order chi connectivity index (χ0) is 8.59. The third-order valence-electron chi connectivity index (χ3n) is 1.45. The highest BCUT2D eigenvalue weighted by atomic mass is 79.9. The smallest absolute Gasteiger partial charge is 0.0521 e. The van der Waals surface area contributed by atoms with Gasteiger partial charge in [-0.15, -0.1) is 0 Å². The van der Waals surface area contributed by atoms with Crippen LogP contribution in [0.15, 0.2) is 15.0 Å². The third kappa shape index (κ3) is 1.85. The lowest BCUT2D eigenvalue weighted by atomic mass is 10.2. The molecule has 0 saturated heterocycles. The van der Waals surface area contributed by atoms with Crippen molar-refractivity contribution in [2.45, 2.75) is 6.92 Å². The van der Waals surface area contributed by atoms with Gasteiger partial charge in [0.25, 0.3) is 0 Å². The maximum absolute atomic E-state index is 3.52. The average molecular weight is 304 g/mol. The third-order valence-corrected chi connectivity index (χ3v) is 4.87. The Kier molecular flexibility index (Phi) is 3.13. The van der Waals surface area contributed by atoms with Crippen molar-refractivity contribution >= 4 is 62.7 Å². The summed E-state index contributed by atoms with van der Waals surface area (Å²) in [7, 11) is 7.00. The van der Waals surface area contributed by atoms with E-state index in [0.29, 0.717) is 0 Å². The quantitative estimate of drug-likeness (QED) is 0.630. The van der Waals surface area contributed by atoms with Crippen molar-refractivity contribution in [1.29, 1.82) is 0 Å². The number of rotatable bonds is 0. The molecule has 0 aromatic heterocycles. The summed E-state index contributed by atoms with van der Waals surface area (Å²) >= 11 is 6.89. The van der Waals surface area contributed by atoms with Crippen LogP contribution in [0.25, 0.3) is 0 Å². The van der Waals surface area contributed by atoms with E-state index >= 15 is 0 Å². The maximum atomic E-state index is 3.52. The summed E-state index contributed by atoms with van der Waals surface area (Å²) in [6, 6.07) is 2.00. The van der Waals surface area contributed by atoms with Gasteiger partial charge in [-0.2, -0.15) is 0 Å². The highest BCUT2D eigenvalue weighted by molar-refractivity contribution is 9.11. The van der Waals surface area contributed by atoms with Gasteiger partial charge in [-0.05, 0) is 23.7 Å². The first-order chi connectivity index (χ1) is 5.04. The fraction of sp³-hybridized carbons (Fsp3) is 0.143. The minimum absolute atomic E-state index is 1.05. The zero-order valence-electron chi connectivity index (χ0n) is 5.83. The number of benzene rings is 1. The van der Waals surface area contributed by atoms with Gasteiger partial charge >= 0.3 is 0 Å². The van der Waals surface area contributed by atoms with Crippen LogP contribution in [0.3, 0.4) is 0 Å². The second-order valence-electron chi connectivity index (χ2n) is 2.22. The Morgan fingerprint density at radius 1 is 1.27 bits per heavy atom. The van der Waals surface area contributed by atoms with Gasteiger partial charge < -0.3 is 0 Å². The molecule has 0 saturated carbocycles. The van der Waals surface area contributed by atoms with Crippen LogP contribution >= 0.6 is 31.9 Å². The topological polar surface area (TPSA) is 0 Å². The van der Waals surface area contributed by atoms with Crippen LogP contribution in [0, 0.1) is 6.92 Å². The predicted molar refractivity (Wildman–Crippen MR) is 57.4 cm³/mol. The molecule has 0 amide bonds. The molecule has 0 aliphatic rings. The molecule has 0 unspecified atom stereocenters. The number of hydrogen-bond acceptors (Lipinski definition) is 0. The van der Waals surface area contributed by atoms with Gasteiger partial charge in [-0.3, -0.25) is 0 Å². The van der Waals surface area contributed by atoms with Crippen molar-refractivity contribution in [3.8, 4) is 0 Å². The van der Waals surface area contributed by atoms with Crippen LogP contribution in [-0.4, -0.2) is 20.5 Å². The summed E-state index contributed by atoms with van der Waals surface area (Å²) in [5, 5.41) is 2.13. The lowest BCUT2D eigenvalue weighted by Crippen LogP contribution is -2.18. The molecule has 0 nitrogen and oxygen atoms in total. The Hall–Kier alpha value is 0.614. The molecule has 11 heavy (non-hydrogen) atoms. The first-order valence-corrected chi connectivity index (χ1v) is 5.54. The van der Waals surface area contributed by atoms with E-state index in [-0.39, 0.29) is 0 Å². The fourth-order valence-corrected chi connectivity index (χ4v) is 2.52. The molecule has 1 aromatic carbocycles. The van der Waals surface area contributed by atoms with Crippen LogP contribution in [0.1, 0.15) is 5.56 Å². The van der Waals surface area contributed by atoms with Gasteiger partial charge in [0, 0.05) is 8.95 Å². The molecule has 0 aliphatic carbocycles. The number of halogens is 2. The molecule has 6 radical (unpaired) electrons. The van der Waals surface area contributed by atoms with Crippen LogP contribution in [-0.2, 0) is 0 Å². The average Bonchev–Trinajstić information content (AvgIpc) is 1.97. The molecule has 1 aromatic rings. The standard InChI is InChI=1S/C7H4Br2Si2/c1-3-6(9)5(10)2-4(8)7(3)11/h2H,1H3. The molecule has 1 rings (SSSR count). The maximum Gasteiger partial charge on any atom is 0.0732 e. The predicted octanol–water partition coefficient (Wildman–Crippen LogP) is 1.11. The second-order valence-corrected chi connectivity index (χ2v) is 4.91. The Balaban J connectivity index is 3.46. The van der Waals surface area contributed by atoms with E-state index in [9.17, 15) is 0 Å². The Morgan fingerprint density at radius 3 is 2.36 bits per heavy atom. The van der Waals surface area contributed by atoms with E-state index in [2.05, 4.69) is 52.3 Å². The molecule has 0 spiro atoms. The summed E-state index contributed by atoms with van der Waals surface area (Å²) in [5.41, 5.74) is 1.18. The van der Waals surface area contributed by atoms with Gasteiger partial charge in [-0.25, -0.2) is 0 Å². The van der Waals surface area contributed by atoms with Crippen molar-refractivity contribution in [3.05, 3.63) is 20.6 Å². The molecular formula is C7H4Br2Si2. The lowest BCUT2D eigenvalue weighted by Gasteiger charge is -2.08. The van der Waals surface area contributed by atoms with Gasteiger partial charge in [0.15, 0.2) is 0 Å². The van der Waals surface area contributed by atoms with Crippen molar-refractivity contribution in [2.24, 2.45) is 0 Å². The van der Waals surface area contributed by atoms with E-state index in [1.165, 1.54) is 5.56 Å². The second kappa shape index (κ2) is 3.55. The van der Waals surface area contributed by atoms with Crippen LogP contribution < -0.4 is 10.4 Å². The Bertz CT molecular complexity index is 271. The molecule has 0 atom stereocenters. The number of hydrogen-bond donors (Lipinski definition) is 0. The van der Waals surface area contributed by atoms with Gasteiger partial charge in [0.2, 0.25) is 0 Å². The molecule has 0 aliphatic heterocycles. The summed E-state index contributed by atoms with van der Waals surface area (Å²) in [5.74, 6) is 0. The van der Waals surface area contributed by atoms with Crippen molar-refractivity contribution in [3.63, 3.8) is 0 Å². The first-order valence-electron chi connectivity index (χ1n) is 2.96. The summed E-state index contributed by atoms with van der Waals surface area (Å²) in [6.07, 6.45) is 0. The van der Waals surface area contributed by atoms with E-state index in [0.717, 1.165) is 19.3 Å². The van der Waals surface area contributed by atoms with E-state index in [4.69, 9.17) is 0 Å². The van der Waals surface area contributed by atoms with Crippen molar-refractivity contribution in [1.82, 2.24) is 0 Å². The minimum atomic E-state index is 1.05. The lowest BCUT2D eigenvalue weighted by molar-refractivity contribution is 1.48. The van der Waals surface area contributed by atoms with Gasteiger partial charge in [0.1, 0.15) is 0 Å². The van der Waals surface area contributed by atoms with Crippen LogP contribution in [0.4, 0.5) is 0 Å². The Morgan fingerprint density at radius 2 is 1.82 bits per heavy atom. The Labute approximate surface area is 89.9 Å². The zero-order valence-corrected chi connectivity index (χ0v) is 11.0. The van der Waals surface area contributed by atoms with Gasteiger partial charge in [-0.1, -0.05) is 37.0 Å². The SMILES string of the molecule is Cc1c([Si])c(Br)cc([Si])c1Br. The van der Waals surface area contributed by atoms with E-state index in [1.807, 2.05) is 13.0 Å². The highest BCUT2D eigenvalue weighted by Gasteiger charge is 2.04. The van der Waals surface area contributed by atoms with Crippen LogP contribution in [0.5, 0.6) is 0 Å². The fourth-order valence-electron chi connectivity index (χ4n) is 0.753. The molecule has 0 heterocycles. The summed E-state index contributed by atoms with van der Waals surface area (Å²) in [4.78, 5) is 0. The van der Waals surface area contributed by atoms with Crippen molar-refractivity contribution in [2.75, 3.05) is 0 Å². The first kappa shape index (κ1) is 9.70. The van der Waals surface area contributed by atoms with Crippen molar-refractivity contribution < 1.29 is 0 Å². The molecular weight excluding hydrogens is 300 g/mol. The largest absolute Gasteiger partial charge is 0.0732 e. The van der Waals surface area contributed by atoms with E-state index < -0.39 is 0 Å². The van der Waals surface area contributed by atoms with Gasteiger partial charge in [0.05, 0.1) is 20.5 Å². The highest BCUT2D eigenvalue weighted by Crippen LogP contribution is 2.14. The molecule has 0 bridgehead atoms.